The van der Waals surface area contributed by atoms with Crippen molar-refractivity contribution in [2.24, 2.45) is 0 Å². The maximum atomic E-state index is 15.0. The third-order valence-electron chi connectivity index (χ3n) is 6.06. The summed E-state index contributed by atoms with van der Waals surface area (Å²) in [6.07, 6.45) is -5.24. The number of hydrogen-bond donors (Lipinski definition) is 2. The number of halogens is 5. The Morgan fingerprint density at radius 1 is 0.949 bits per heavy atom. The first-order valence-corrected chi connectivity index (χ1v) is 13.1. The molecule has 2 amide bonds. The Labute approximate surface area is 222 Å². The molecule has 3 rings (SSSR count). The van der Waals surface area contributed by atoms with Crippen molar-refractivity contribution < 1.29 is 40.0 Å². The Bertz CT molecular complexity index is 1320. The van der Waals surface area contributed by atoms with Crippen molar-refractivity contribution in [2.45, 2.75) is 39.0 Å². The van der Waals surface area contributed by atoms with E-state index in [0.717, 1.165) is 34.0 Å². The van der Waals surface area contributed by atoms with Gasteiger partial charge in [0.05, 0.1) is 12.2 Å². The normalized spacial score (nSPS) is 15.6. The highest BCUT2D eigenvalue weighted by Crippen LogP contribution is 2.27. The summed E-state index contributed by atoms with van der Waals surface area (Å²) >= 11 is 0. The summed E-state index contributed by atoms with van der Waals surface area (Å²) in [5, 5.41) is 0. The molecule has 0 unspecified atom stereocenters. The van der Waals surface area contributed by atoms with Crippen molar-refractivity contribution in [1.29, 1.82) is 0 Å². The van der Waals surface area contributed by atoms with Gasteiger partial charge < -0.3 is 0 Å². The molecule has 0 radical (unpaired) electrons. The van der Waals surface area contributed by atoms with E-state index < -0.39 is 51.9 Å². The first kappa shape index (κ1) is 30.2. The lowest BCUT2D eigenvalue weighted by atomic mass is 10.1. The molecule has 1 aliphatic heterocycles. The highest BCUT2D eigenvalue weighted by Gasteiger charge is 2.39. The van der Waals surface area contributed by atoms with Gasteiger partial charge in [-0.2, -0.15) is 25.9 Å². The van der Waals surface area contributed by atoms with E-state index in [1.54, 1.807) is 0 Å². The van der Waals surface area contributed by atoms with Crippen LogP contribution in [0.15, 0.2) is 42.5 Å². The third-order valence-corrected chi connectivity index (χ3v) is 7.98. The van der Waals surface area contributed by atoms with Crippen LogP contribution < -0.4 is 15.2 Å². The molecule has 1 aliphatic rings. The van der Waals surface area contributed by atoms with Gasteiger partial charge in [0, 0.05) is 42.8 Å². The fourth-order valence-corrected chi connectivity index (χ4v) is 5.48. The molecule has 9 nitrogen and oxygen atoms in total. The first-order valence-electron chi connectivity index (χ1n) is 11.7. The van der Waals surface area contributed by atoms with Gasteiger partial charge in [0.1, 0.15) is 11.6 Å². The molecule has 0 spiro atoms. The van der Waals surface area contributed by atoms with Crippen LogP contribution in [-0.2, 0) is 21.5 Å². The maximum absolute atomic E-state index is 15.0. The number of rotatable bonds is 6. The smallest absolute Gasteiger partial charge is 0.296 e. The number of hydrogen-bond acceptors (Lipinski definition) is 5. The Balaban J connectivity index is 1.85. The van der Waals surface area contributed by atoms with Crippen molar-refractivity contribution in [3.05, 3.63) is 65.2 Å². The standard InChI is InChI=1S/C24H28F5N5O4S/c1-23(2,3)32-9-11-33(12-10-32)39(37,38)34(19-6-4-5-18(25)14-19)15-17-8-7-16(13-20(17)26)21(35)30-31-22(36)24(27,28)29/h4-8,13-14H,9-12,15H2,1-3H3,(H,30,35)(H,31,36). The van der Waals surface area contributed by atoms with Gasteiger partial charge in [0.25, 0.3) is 5.91 Å². The van der Waals surface area contributed by atoms with E-state index in [1.165, 1.54) is 21.9 Å². The summed E-state index contributed by atoms with van der Waals surface area (Å²) in [5.41, 5.74) is 1.84. The van der Waals surface area contributed by atoms with Crippen LogP contribution in [0.5, 0.6) is 0 Å². The molecule has 2 N–H and O–H groups in total. The number of alkyl halides is 3. The van der Waals surface area contributed by atoms with Crippen molar-refractivity contribution in [3.8, 4) is 0 Å². The molecule has 1 heterocycles. The molecule has 214 valence electrons. The minimum atomic E-state index is -5.24. The molecule has 1 fully saturated rings. The predicted octanol–water partition coefficient (Wildman–Crippen LogP) is 2.96. The summed E-state index contributed by atoms with van der Waals surface area (Å²) in [6, 6.07) is 7.59. The molecule has 39 heavy (non-hydrogen) atoms. The summed E-state index contributed by atoms with van der Waals surface area (Å²) in [4.78, 5) is 25.1. The van der Waals surface area contributed by atoms with Crippen LogP contribution in [0.1, 0.15) is 36.7 Å². The highest BCUT2D eigenvalue weighted by atomic mass is 32.2. The molecular weight excluding hydrogens is 549 g/mol. The quantitative estimate of drug-likeness (QED) is 0.406. The number of hydrazine groups is 1. The van der Waals surface area contributed by atoms with Crippen molar-refractivity contribution >= 4 is 27.7 Å². The van der Waals surface area contributed by atoms with E-state index in [-0.39, 0.29) is 29.9 Å². The van der Waals surface area contributed by atoms with Crippen LogP contribution in [-0.4, -0.2) is 67.3 Å². The van der Waals surface area contributed by atoms with E-state index in [4.69, 9.17) is 0 Å². The van der Waals surface area contributed by atoms with Gasteiger partial charge in [-0.05, 0) is 51.1 Å². The molecule has 0 saturated carbocycles. The summed E-state index contributed by atoms with van der Waals surface area (Å²) in [6.45, 7) is 6.65. The summed E-state index contributed by atoms with van der Waals surface area (Å²) < 4.78 is 95.4. The lowest BCUT2D eigenvalue weighted by Crippen LogP contribution is -2.57. The lowest BCUT2D eigenvalue weighted by molar-refractivity contribution is -0.174. The minimum Gasteiger partial charge on any atom is -0.296 e. The van der Waals surface area contributed by atoms with Crippen LogP contribution in [0, 0.1) is 11.6 Å². The van der Waals surface area contributed by atoms with Crippen LogP contribution in [0.2, 0.25) is 0 Å². The Morgan fingerprint density at radius 2 is 1.59 bits per heavy atom. The number of nitrogens with one attached hydrogen (secondary N) is 2. The average molecular weight is 578 g/mol. The number of piperazine rings is 1. The zero-order valence-corrected chi connectivity index (χ0v) is 22.2. The Kier molecular flexibility index (Phi) is 8.87. The molecule has 1 saturated heterocycles. The zero-order valence-electron chi connectivity index (χ0n) is 21.3. The van der Waals surface area contributed by atoms with Crippen molar-refractivity contribution in [3.63, 3.8) is 0 Å². The number of nitrogens with zero attached hydrogens (tertiary/aromatic N) is 3. The fourth-order valence-electron chi connectivity index (χ4n) is 3.89. The minimum absolute atomic E-state index is 0.0515. The first-order chi connectivity index (χ1) is 18.0. The molecular formula is C24H28F5N5O4S. The predicted molar refractivity (Wildman–Crippen MR) is 132 cm³/mol. The number of anilines is 1. The molecule has 0 atom stereocenters. The second-order valence-corrected chi connectivity index (χ2v) is 11.6. The molecule has 15 heteroatoms. The van der Waals surface area contributed by atoms with Gasteiger partial charge in [-0.25, -0.2) is 8.78 Å². The second kappa shape index (κ2) is 11.4. The Morgan fingerprint density at radius 3 is 2.13 bits per heavy atom. The molecule has 0 aliphatic carbocycles. The van der Waals surface area contributed by atoms with Gasteiger partial charge in [-0.15, -0.1) is 0 Å². The van der Waals surface area contributed by atoms with E-state index in [2.05, 4.69) is 4.90 Å². The van der Waals surface area contributed by atoms with Gasteiger partial charge in [-0.1, -0.05) is 12.1 Å². The molecule has 0 bridgehead atoms. The van der Waals surface area contributed by atoms with E-state index in [9.17, 15) is 35.6 Å². The molecule has 0 aromatic heterocycles. The lowest BCUT2D eigenvalue weighted by Gasteiger charge is -2.43. The Hall–Kier alpha value is -3.30. The van der Waals surface area contributed by atoms with Gasteiger partial charge in [-0.3, -0.25) is 29.6 Å². The maximum Gasteiger partial charge on any atom is 0.472 e. The topological polar surface area (TPSA) is 102 Å². The largest absolute Gasteiger partial charge is 0.472 e. The second-order valence-electron chi connectivity index (χ2n) is 9.76. The summed E-state index contributed by atoms with van der Waals surface area (Å²) in [5.74, 6) is -5.41. The zero-order chi connectivity index (χ0) is 29.2. The number of amides is 2. The van der Waals surface area contributed by atoms with Gasteiger partial charge in [0.2, 0.25) is 0 Å². The van der Waals surface area contributed by atoms with Crippen molar-refractivity contribution in [1.82, 2.24) is 20.1 Å². The van der Waals surface area contributed by atoms with Gasteiger partial charge in [0.15, 0.2) is 0 Å². The van der Waals surface area contributed by atoms with E-state index in [0.29, 0.717) is 19.2 Å². The van der Waals surface area contributed by atoms with Crippen LogP contribution in [0.4, 0.5) is 27.6 Å². The van der Waals surface area contributed by atoms with E-state index >= 15 is 4.39 Å². The highest BCUT2D eigenvalue weighted by molar-refractivity contribution is 7.90. The van der Waals surface area contributed by atoms with Gasteiger partial charge >= 0.3 is 22.3 Å². The van der Waals surface area contributed by atoms with Crippen molar-refractivity contribution in [2.75, 3.05) is 30.5 Å². The summed E-state index contributed by atoms with van der Waals surface area (Å²) in [7, 11) is -4.26. The molecule has 2 aromatic rings. The van der Waals surface area contributed by atoms with E-state index in [1.807, 2.05) is 20.8 Å². The number of carbonyl (C=O) groups excluding carboxylic acids is 2. The molecule has 2 aromatic carbocycles. The SMILES string of the molecule is CC(C)(C)N1CCN(S(=O)(=O)N(Cc2ccc(C(=O)NNC(=O)C(F)(F)F)cc2F)c2cccc(F)c2)CC1. The third kappa shape index (κ3) is 7.42. The van der Waals surface area contributed by atoms with Crippen LogP contribution in [0.3, 0.4) is 0 Å². The van der Waals surface area contributed by atoms with Crippen LogP contribution >= 0.6 is 0 Å². The average Bonchev–Trinajstić information content (AvgIpc) is 2.85. The fraction of sp³-hybridized carbons (Fsp3) is 0.417. The number of carbonyl (C=O) groups is 2. The monoisotopic (exact) mass is 577 g/mol. The number of benzene rings is 2. The van der Waals surface area contributed by atoms with Crippen LogP contribution in [0.25, 0.3) is 0 Å².